The first-order valence-corrected chi connectivity index (χ1v) is 37.1. The second kappa shape index (κ2) is 28.5. The van der Waals surface area contributed by atoms with E-state index >= 15 is 0 Å². The number of aromatic nitrogens is 3. The van der Waals surface area contributed by atoms with Gasteiger partial charge >= 0.3 is 7.12 Å². The lowest BCUT2D eigenvalue weighted by atomic mass is 9.78. The Morgan fingerprint density at radius 3 is 1.38 bits per heavy atom. The van der Waals surface area contributed by atoms with Gasteiger partial charge in [0, 0.05) is 137 Å². The number of rotatable bonds is 11. The van der Waals surface area contributed by atoms with E-state index in [1.54, 1.807) is 40.8 Å². The molecule has 0 aliphatic carbocycles. The number of Topliss-reactive ketones (excluding diaryl/α,β-unsaturated/α-hetero) is 1. The van der Waals surface area contributed by atoms with Crippen molar-refractivity contribution in [2.75, 3.05) is 146 Å². The third-order valence-corrected chi connectivity index (χ3v) is 22.8. The number of nitrogens with one attached hydrogen (secondary N) is 1. The number of benzene rings is 4. The molecule has 5 aliphatic rings. The summed E-state index contributed by atoms with van der Waals surface area (Å²) < 4.78 is 105. The topological polar surface area (TPSA) is 229 Å². The average Bonchev–Trinajstić information content (AvgIpc) is 1.89. The molecule has 27 heteroatoms. The van der Waals surface area contributed by atoms with E-state index in [0.717, 1.165) is 61.6 Å². The van der Waals surface area contributed by atoms with Gasteiger partial charge in [-0.05, 0) is 81.7 Å². The molecule has 7 heterocycles. The summed E-state index contributed by atoms with van der Waals surface area (Å²) in [6, 6.07) is 23.5. The highest BCUT2D eigenvalue weighted by Gasteiger charge is 2.52. The molecule has 5 fully saturated rings. The molecule has 0 amide bonds. The Bertz CT molecular complexity index is 3750. The normalized spacial score (nSPS) is 19.2. The molecule has 6 aromatic rings. The molecule has 478 valence electrons. The fraction of sp³-hybridized carbons (Fsp3) is 0.492. The number of hydrogen-bond acceptors (Lipinski definition) is 20. The van der Waals surface area contributed by atoms with Crippen LogP contribution in [0.5, 0.6) is 23.0 Å². The lowest BCUT2D eigenvalue weighted by Gasteiger charge is -2.32. The number of halogens is 2. The molecule has 5 saturated heterocycles. The van der Waals surface area contributed by atoms with Gasteiger partial charge in [-0.25, -0.2) is 35.2 Å². The van der Waals surface area contributed by atoms with Crippen molar-refractivity contribution in [3.8, 4) is 34.3 Å². The Morgan fingerprint density at radius 1 is 0.568 bits per heavy atom. The maximum atomic E-state index is 12.8. The zero-order chi connectivity index (χ0) is 64.0. The molecule has 0 radical (unpaired) electrons. The largest absolute Gasteiger partial charge is 0.497 e. The van der Waals surface area contributed by atoms with Crippen molar-refractivity contribution in [1.29, 1.82) is 0 Å². The van der Waals surface area contributed by atoms with Crippen LogP contribution in [0, 0.1) is 5.41 Å². The Morgan fingerprint density at radius 2 is 0.955 bits per heavy atom. The van der Waals surface area contributed by atoms with Crippen molar-refractivity contribution in [3.63, 3.8) is 0 Å². The Hall–Kier alpha value is -5.29. The number of carbonyl (C=O) groups is 1. The molecule has 0 unspecified atom stereocenters. The van der Waals surface area contributed by atoms with Gasteiger partial charge in [-0.2, -0.15) is 11.8 Å². The van der Waals surface area contributed by atoms with Crippen LogP contribution in [0.25, 0.3) is 22.4 Å². The molecule has 11 rings (SSSR count). The van der Waals surface area contributed by atoms with Crippen LogP contribution in [0.15, 0.2) is 94.1 Å². The van der Waals surface area contributed by atoms with Gasteiger partial charge in [0.05, 0.1) is 91.6 Å². The Balaban J connectivity index is 0.000000158. The predicted octanol–water partition coefficient (Wildman–Crippen LogP) is 9.03. The predicted molar refractivity (Wildman–Crippen MR) is 362 cm³/mol. The number of ether oxygens (including phenoxy) is 4. The minimum absolute atomic E-state index is 0.00828. The zero-order valence-electron chi connectivity index (χ0n) is 51.9. The van der Waals surface area contributed by atoms with Crippen molar-refractivity contribution < 1.29 is 58.3 Å². The molecule has 20 nitrogen and oxygen atoms in total. The van der Waals surface area contributed by atoms with Crippen molar-refractivity contribution in [2.24, 2.45) is 5.41 Å². The summed E-state index contributed by atoms with van der Waals surface area (Å²) in [7, 11) is -2.68. The van der Waals surface area contributed by atoms with E-state index in [4.69, 9.17) is 33.2 Å². The summed E-state index contributed by atoms with van der Waals surface area (Å²) >= 11 is 8.95. The highest BCUT2D eigenvalue weighted by molar-refractivity contribution is 9.10. The van der Waals surface area contributed by atoms with Crippen molar-refractivity contribution >= 4 is 125 Å². The number of thioether (sulfide) groups is 1. The van der Waals surface area contributed by atoms with E-state index in [2.05, 4.69) is 68.7 Å². The van der Waals surface area contributed by atoms with Crippen molar-refractivity contribution in [1.82, 2.24) is 15.0 Å². The summed E-state index contributed by atoms with van der Waals surface area (Å²) in [6.07, 6.45) is 3.32. The summed E-state index contributed by atoms with van der Waals surface area (Å²) in [4.78, 5) is 33.6. The number of aromatic amines is 1. The first kappa shape index (κ1) is 68.6. The minimum atomic E-state index is -2.98. The fourth-order valence-electron chi connectivity index (χ4n) is 10.1. The number of nitrogens with zero attached hydrogens (tertiary/aromatic N) is 6. The molecular formula is C61H80BBr2N7O13S4. The number of hydrogen-bond donors (Lipinski definition) is 1. The van der Waals surface area contributed by atoms with Crippen LogP contribution in [-0.2, 0) is 38.8 Å². The standard InChI is InChI=1S/C22H26N4O4S.C17H26BNO5S.C11H14BrNO3S.C11H14BrNOS/c1-22(2,3)20(27)17-12-23-21-19(17)25-18(13-24-21)14-9-15(11-16(10-14)30-4)26-5-7-31(28,29)8-6-26;1-16(2)17(3,4)24-18(23-16)13-10-14(12-15(11-13)22-5)19-6-8-25(20,21)9-7-19;1-16-11-7-9(12)6-10(8-11)13-2-4-17(14,15)5-3-13;1-14-11-7-9(12)6-10(8-11)13-2-4-15-5-3-13/h9-13H,5-8H2,1-4H3,(H,23,24);10-12H,6-9H2,1-5H3;6-8H,2-5H2,1H3;6-8H,2-5H2,1H3. The van der Waals surface area contributed by atoms with Gasteiger partial charge < -0.3 is 52.8 Å². The van der Waals surface area contributed by atoms with Crippen LogP contribution < -0.4 is 44.0 Å². The number of ketones is 1. The van der Waals surface area contributed by atoms with Gasteiger partial charge in [-0.1, -0.05) is 52.6 Å². The van der Waals surface area contributed by atoms with Crippen molar-refractivity contribution in [2.45, 2.75) is 59.7 Å². The molecule has 5 aliphatic heterocycles. The summed E-state index contributed by atoms with van der Waals surface area (Å²) in [5.41, 5.74) is 6.55. The number of anilines is 4. The minimum Gasteiger partial charge on any atom is -0.497 e. The molecule has 88 heavy (non-hydrogen) atoms. The summed E-state index contributed by atoms with van der Waals surface area (Å²) in [5.74, 6) is 6.52. The van der Waals surface area contributed by atoms with Crippen molar-refractivity contribution in [3.05, 3.63) is 99.7 Å². The highest BCUT2D eigenvalue weighted by atomic mass is 79.9. The molecule has 4 aromatic carbocycles. The second-order valence-electron chi connectivity index (χ2n) is 23.9. The number of carbonyl (C=O) groups excluding carboxylic acids is 1. The average molecular weight is 1420 g/mol. The van der Waals surface area contributed by atoms with Crippen LogP contribution in [0.4, 0.5) is 22.7 Å². The van der Waals surface area contributed by atoms with E-state index in [1.807, 2.05) is 126 Å². The number of H-pyrrole nitrogens is 1. The molecule has 0 saturated carbocycles. The van der Waals surface area contributed by atoms with Gasteiger partial charge in [0.15, 0.2) is 40.9 Å². The molecule has 0 bridgehead atoms. The van der Waals surface area contributed by atoms with Crippen LogP contribution >= 0.6 is 43.6 Å². The second-order valence-corrected chi connectivity index (χ2v) is 33.9. The molecule has 1 N–H and O–H groups in total. The molecule has 0 spiro atoms. The SMILES string of the molecule is COc1cc(-c2cnc3[nH]cc(C(=O)C(C)(C)C)c3n2)cc(N2CCS(=O)(=O)CC2)c1.COc1cc(B2OC(C)(C)C(C)(C)O2)cc(N2CCS(=O)(=O)CC2)c1.COc1cc(Br)cc(N2CCS(=O)(=O)CC2)c1.COc1cc(Br)cc(N2CCSCC2)c1. The maximum absolute atomic E-state index is 12.8. The fourth-order valence-corrected chi connectivity index (χ4v) is 15.5. The van der Waals surface area contributed by atoms with Gasteiger partial charge in [0.1, 0.15) is 28.5 Å². The molecule has 0 atom stereocenters. The lowest BCUT2D eigenvalue weighted by Crippen LogP contribution is -2.41. The van der Waals surface area contributed by atoms with Crippen LogP contribution in [-0.4, -0.2) is 191 Å². The van der Waals surface area contributed by atoms with Gasteiger partial charge in [-0.3, -0.25) is 4.79 Å². The van der Waals surface area contributed by atoms with E-state index in [9.17, 15) is 30.0 Å². The first-order valence-electron chi connectivity index (χ1n) is 28.9. The maximum Gasteiger partial charge on any atom is 0.495 e. The monoisotopic (exact) mass is 1420 g/mol. The third-order valence-electron chi connectivity index (χ3n) is 16.1. The quantitative estimate of drug-likeness (QED) is 0.0942. The first-order chi connectivity index (χ1) is 41.4. The smallest absolute Gasteiger partial charge is 0.495 e. The van der Waals surface area contributed by atoms with Gasteiger partial charge in [0.2, 0.25) is 0 Å². The Kier molecular flexibility index (Phi) is 22.2. The molecule has 2 aromatic heterocycles. The van der Waals surface area contributed by atoms with Gasteiger partial charge in [-0.15, -0.1) is 0 Å². The number of sulfone groups is 3. The van der Waals surface area contributed by atoms with E-state index < -0.39 is 53.2 Å². The van der Waals surface area contributed by atoms with E-state index in [1.165, 1.54) is 17.2 Å². The Labute approximate surface area is 540 Å². The lowest BCUT2D eigenvalue weighted by molar-refractivity contribution is 0.00578. The highest BCUT2D eigenvalue weighted by Crippen LogP contribution is 2.38. The van der Waals surface area contributed by atoms with E-state index in [0.29, 0.717) is 73.2 Å². The zero-order valence-corrected chi connectivity index (χ0v) is 58.3. The van der Waals surface area contributed by atoms with Crippen LogP contribution in [0.2, 0.25) is 0 Å². The summed E-state index contributed by atoms with van der Waals surface area (Å²) in [6.45, 7) is 18.9. The van der Waals surface area contributed by atoms with Crippen LogP contribution in [0.1, 0.15) is 58.8 Å². The summed E-state index contributed by atoms with van der Waals surface area (Å²) in [5, 5.41) is 0. The number of methoxy groups -OCH3 is 4. The third kappa shape index (κ3) is 17.8. The molecular weight excluding hydrogens is 1340 g/mol. The number of fused-ring (bicyclic) bond motifs is 1. The van der Waals surface area contributed by atoms with Gasteiger partial charge in [0.25, 0.3) is 0 Å². The van der Waals surface area contributed by atoms with Crippen LogP contribution in [0.3, 0.4) is 0 Å². The van der Waals surface area contributed by atoms with E-state index in [-0.39, 0.29) is 40.3 Å².